The number of nitrogens with two attached hydrogens (primary N) is 1. The molecule has 1 aliphatic carbocycles. The van der Waals surface area contributed by atoms with Crippen LogP contribution in [0.2, 0.25) is 0 Å². The Labute approximate surface area is 154 Å². The normalized spacial score (nSPS) is 17.0. The molecule has 0 aliphatic heterocycles. The molecule has 26 heavy (non-hydrogen) atoms. The number of allylic oxidation sites excluding steroid dienone is 2. The van der Waals surface area contributed by atoms with Gasteiger partial charge in [0.25, 0.3) is 0 Å². The molecule has 2 aromatic rings. The van der Waals surface area contributed by atoms with Crippen LogP contribution in [-0.2, 0) is 6.42 Å². The van der Waals surface area contributed by atoms with E-state index in [4.69, 9.17) is 10.3 Å². The summed E-state index contributed by atoms with van der Waals surface area (Å²) in [4.78, 5) is 12.5. The zero-order valence-electron chi connectivity index (χ0n) is 15.3. The van der Waals surface area contributed by atoms with Crippen molar-refractivity contribution in [3.05, 3.63) is 69.8 Å². The number of benzene rings is 1. The van der Waals surface area contributed by atoms with Crippen molar-refractivity contribution in [2.45, 2.75) is 51.4 Å². The van der Waals surface area contributed by atoms with Gasteiger partial charge < -0.3 is 10.3 Å². The Kier molecular flexibility index (Phi) is 6.05. The summed E-state index contributed by atoms with van der Waals surface area (Å²) in [5.41, 5.74) is 4.81. The quantitative estimate of drug-likeness (QED) is 0.353. The van der Waals surface area contributed by atoms with Crippen LogP contribution in [-0.4, -0.2) is 6.21 Å². The van der Waals surface area contributed by atoms with E-state index in [1.54, 1.807) is 12.5 Å². The fourth-order valence-electron chi connectivity index (χ4n) is 3.64. The molecule has 1 aromatic carbocycles. The molecule has 0 fully saturated rings. The standard InChI is InChI=1S/C22H26N2O2/c1-2-3-9-19-21(18-7-5-4-6-8-18)20(15-26-22(19)25)17-12-10-16(11-13-17)14-24-23/h5,7,10-15,18H,2-4,6,8-9,23H2,1H3. The van der Waals surface area contributed by atoms with E-state index in [1.165, 1.54) is 0 Å². The Morgan fingerprint density at radius 3 is 2.77 bits per heavy atom. The van der Waals surface area contributed by atoms with Gasteiger partial charge in [0.05, 0.1) is 6.21 Å². The van der Waals surface area contributed by atoms with Crippen LogP contribution in [0.25, 0.3) is 11.1 Å². The molecule has 0 saturated heterocycles. The van der Waals surface area contributed by atoms with E-state index in [0.29, 0.717) is 0 Å². The molecule has 0 spiro atoms. The average Bonchev–Trinajstić information content (AvgIpc) is 2.68. The van der Waals surface area contributed by atoms with Gasteiger partial charge in [-0.25, -0.2) is 4.79 Å². The van der Waals surface area contributed by atoms with Crippen molar-refractivity contribution in [3.63, 3.8) is 0 Å². The Hall–Kier alpha value is -2.62. The van der Waals surface area contributed by atoms with Crippen LogP contribution in [0, 0.1) is 0 Å². The summed E-state index contributed by atoms with van der Waals surface area (Å²) < 4.78 is 5.42. The van der Waals surface area contributed by atoms with Crippen molar-refractivity contribution in [3.8, 4) is 11.1 Å². The molecule has 0 radical (unpaired) electrons. The predicted octanol–water partition coefficient (Wildman–Crippen LogP) is 4.77. The number of hydrogen-bond donors (Lipinski definition) is 1. The molecule has 2 N–H and O–H groups in total. The zero-order valence-corrected chi connectivity index (χ0v) is 15.3. The second-order valence-electron chi connectivity index (χ2n) is 6.80. The molecule has 1 aliphatic rings. The maximum Gasteiger partial charge on any atom is 0.339 e. The van der Waals surface area contributed by atoms with Crippen molar-refractivity contribution in [2.75, 3.05) is 0 Å². The van der Waals surface area contributed by atoms with Crippen LogP contribution in [0.15, 0.2) is 57.0 Å². The largest absolute Gasteiger partial charge is 0.430 e. The fourth-order valence-corrected chi connectivity index (χ4v) is 3.64. The highest BCUT2D eigenvalue weighted by Gasteiger charge is 2.22. The summed E-state index contributed by atoms with van der Waals surface area (Å²) >= 11 is 0. The van der Waals surface area contributed by atoms with E-state index in [2.05, 4.69) is 24.2 Å². The summed E-state index contributed by atoms with van der Waals surface area (Å²) in [6, 6.07) is 8.02. The van der Waals surface area contributed by atoms with Crippen LogP contribution in [0.5, 0.6) is 0 Å². The summed E-state index contributed by atoms with van der Waals surface area (Å²) in [6.45, 7) is 2.14. The SMILES string of the molecule is CCCCc1c(C2C=CCCC2)c(-c2ccc(C=NN)cc2)coc1=O. The third-order valence-corrected chi connectivity index (χ3v) is 5.00. The molecule has 0 bridgehead atoms. The maximum absolute atomic E-state index is 12.5. The first kappa shape index (κ1) is 18.2. The zero-order chi connectivity index (χ0) is 18.4. The molecular formula is C22H26N2O2. The lowest BCUT2D eigenvalue weighted by molar-refractivity contribution is 0.494. The third-order valence-electron chi connectivity index (χ3n) is 5.00. The molecule has 1 atom stereocenters. The molecule has 0 saturated carbocycles. The molecule has 1 heterocycles. The van der Waals surface area contributed by atoms with Gasteiger partial charge in [-0.15, -0.1) is 0 Å². The fraction of sp³-hybridized carbons (Fsp3) is 0.364. The summed E-state index contributed by atoms with van der Waals surface area (Å²) in [7, 11) is 0. The first-order valence-electron chi connectivity index (χ1n) is 9.39. The van der Waals surface area contributed by atoms with E-state index in [1.807, 2.05) is 24.3 Å². The predicted molar refractivity (Wildman–Crippen MR) is 107 cm³/mol. The lowest BCUT2D eigenvalue weighted by Gasteiger charge is -2.22. The van der Waals surface area contributed by atoms with Gasteiger partial charge in [0, 0.05) is 17.0 Å². The Morgan fingerprint density at radius 1 is 1.31 bits per heavy atom. The lowest BCUT2D eigenvalue weighted by atomic mass is 9.82. The van der Waals surface area contributed by atoms with Gasteiger partial charge in [-0.2, -0.15) is 5.10 Å². The minimum absolute atomic E-state index is 0.192. The first-order valence-corrected chi connectivity index (χ1v) is 9.39. The summed E-state index contributed by atoms with van der Waals surface area (Å²) in [5, 5.41) is 3.56. The molecule has 4 nitrogen and oxygen atoms in total. The third kappa shape index (κ3) is 3.96. The van der Waals surface area contributed by atoms with E-state index in [9.17, 15) is 4.79 Å². The highest BCUT2D eigenvalue weighted by molar-refractivity contribution is 5.81. The molecule has 0 amide bonds. The van der Waals surface area contributed by atoms with Crippen LogP contribution in [0.3, 0.4) is 0 Å². The van der Waals surface area contributed by atoms with E-state index < -0.39 is 0 Å². The maximum atomic E-state index is 12.5. The van der Waals surface area contributed by atoms with Crippen LogP contribution >= 0.6 is 0 Å². The molecule has 1 unspecified atom stereocenters. The molecule has 3 rings (SSSR count). The smallest absolute Gasteiger partial charge is 0.339 e. The topological polar surface area (TPSA) is 68.6 Å². The Bertz CT molecular complexity index is 847. The van der Waals surface area contributed by atoms with Gasteiger partial charge in [0.15, 0.2) is 0 Å². The van der Waals surface area contributed by atoms with Crippen molar-refractivity contribution < 1.29 is 4.42 Å². The second kappa shape index (κ2) is 8.65. The second-order valence-corrected chi connectivity index (χ2v) is 6.80. The molecular weight excluding hydrogens is 324 g/mol. The minimum atomic E-state index is -0.192. The Balaban J connectivity index is 2.12. The van der Waals surface area contributed by atoms with Gasteiger partial charge in [-0.1, -0.05) is 49.8 Å². The van der Waals surface area contributed by atoms with Gasteiger partial charge in [-0.3, -0.25) is 0 Å². The first-order chi connectivity index (χ1) is 12.7. The Morgan fingerprint density at radius 2 is 2.12 bits per heavy atom. The van der Waals surface area contributed by atoms with E-state index >= 15 is 0 Å². The van der Waals surface area contributed by atoms with Crippen LogP contribution in [0.1, 0.15) is 61.6 Å². The highest BCUT2D eigenvalue weighted by Crippen LogP contribution is 2.36. The summed E-state index contributed by atoms with van der Waals surface area (Å²) in [5.74, 6) is 5.50. The minimum Gasteiger partial charge on any atom is -0.430 e. The monoisotopic (exact) mass is 350 g/mol. The van der Waals surface area contributed by atoms with Gasteiger partial charge in [0.1, 0.15) is 6.26 Å². The average molecular weight is 350 g/mol. The van der Waals surface area contributed by atoms with Gasteiger partial charge in [-0.05, 0) is 48.8 Å². The van der Waals surface area contributed by atoms with Crippen LogP contribution < -0.4 is 11.5 Å². The van der Waals surface area contributed by atoms with E-state index in [0.717, 1.165) is 66.3 Å². The number of rotatable bonds is 6. The van der Waals surface area contributed by atoms with Crippen molar-refractivity contribution in [1.29, 1.82) is 0 Å². The van der Waals surface area contributed by atoms with Crippen LogP contribution in [0.4, 0.5) is 0 Å². The van der Waals surface area contributed by atoms with Gasteiger partial charge in [0.2, 0.25) is 0 Å². The van der Waals surface area contributed by atoms with Crippen molar-refractivity contribution in [1.82, 2.24) is 0 Å². The molecule has 136 valence electrons. The number of unbranched alkanes of at least 4 members (excludes halogenated alkanes) is 1. The summed E-state index contributed by atoms with van der Waals surface area (Å²) in [6.07, 6.45) is 13.9. The van der Waals surface area contributed by atoms with Crippen molar-refractivity contribution >= 4 is 6.21 Å². The number of hydrazone groups is 1. The lowest BCUT2D eigenvalue weighted by Crippen LogP contribution is -2.16. The highest BCUT2D eigenvalue weighted by atomic mass is 16.4. The molecule has 4 heteroatoms. The van der Waals surface area contributed by atoms with Gasteiger partial charge >= 0.3 is 5.63 Å². The van der Waals surface area contributed by atoms with E-state index in [-0.39, 0.29) is 11.5 Å². The van der Waals surface area contributed by atoms with Crippen molar-refractivity contribution in [2.24, 2.45) is 10.9 Å². The number of hydrogen-bond acceptors (Lipinski definition) is 4. The number of nitrogens with zero attached hydrogens (tertiary/aromatic N) is 1. The molecule has 1 aromatic heterocycles.